The molecule has 0 aromatic heterocycles. The SMILES string of the molecule is CCCCCCN=C(N)N[C@H](C)c1ccccc1. The lowest BCUT2D eigenvalue weighted by Crippen LogP contribution is -2.33. The number of nitrogens with two attached hydrogens (primary N) is 1. The van der Waals surface area contributed by atoms with Gasteiger partial charge in [-0.2, -0.15) is 0 Å². The number of hydrogen-bond donors (Lipinski definition) is 2. The van der Waals surface area contributed by atoms with Crippen molar-refractivity contribution in [2.45, 2.75) is 45.6 Å². The first-order valence-electron chi connectivity index (χ1n) is 6.85. The van der Waals surface area contributed by atoms with Crippen LogP contribution in [-0.2, 0) is 0 Å². The fraction of sp³-hybridized carbons (Fsp3) is 0.533. The number of unbranched alkanes of at least 4 members (excludes halogenated alkanes) is 3. The molecular weight excluding hydrogens is 222 g/mol. The minimum Gasteiger partial charge on any atom is -0.370 e. The van der Waals surface area contributed by atoms with Crippen molar-refractivity contribution < 1.29 is 0 Å². The van der Waals surface area contributed by atoms with Crippen molar-refractivity contribution in [1.82, 2.24) is 5.32 Å². The first-order chi connectivity index (χ1) is 8.74. The smallest absolute Gasteiger partial charge is 0.189 e. The Kier molecular flexibility index (Phi) is 6.92. The predicted octanol–water partition coefficient (Wildman–Crippen LogP) is 3.23. The summed E-state index contributed by atoms with van der Waals surface area (Å²) in [6.07, 6.45) is 4.89. The number of nitrogens with one attached hydrogen (secondary N) is 1. The van der Waals surface area contributed by atoms with Gasteiger partial charge >= 0.3 is 0 Å². The summed E-state index contributed by atoms with van der Waals surface area (Å²) in [6, 6.07) is 10.5. The molecule has 0 radical (unpaired) electrons. The highest BCUT2D eigenvalue weighted by Gasteiger charge is 2.04. The maximum Gasteiger partial charge on any atom is 0.189 e. The van der Waals surface area contributed by atoms with Crippen LogP contribution in [0.3, 0.4) is 0 Å². The lowest BCUT2D eigenvalue weighted by atomic mass is 10.1. The number of aliphatic imine (C=N–C) groups is 1. The zero-order chi connectivity index (χ0) is 13.2. The van der Waals surface area contributed by atoms with E-state index < -0.39 is 0 Å². The lowest BCUT2D eigenvalue weighted by molar-refractivity contribution is 0.666. The Morgan fingerprint density at radius 2 is 1.94 bits per heavy atom. The molecule has 0 bridgehead atoms. The number of benzene rings is 1. The molecule has 0 saturated carbocycles. The maximum atomic E-state index is 5.87. The van der Waals surface area contributed by atoms with Crippen molar-refractivity contribution >= 4 is 5.96 Å². The molecule has 3 N–H and O–H groups in total. The molecule has 0 heterocycles. The van der Waals surface area contributed by atoms with Gasteiger partial charge in [0.1, 0.15) is 0 Å². The van der Waals surface area contributed by atoms with Gasteiger partial charge < -0.3 is 11.1 Å². The summed E-state index contributed by atoms with van der Waals surface area (Å²) in [7, 11) is 0. The third kappa shape index (κ3) is 5.71. The van der Waals surface area contributed by atoms with E-state index in [1.165, 1.54) is 24.8 Å². The van der Waals surface area contributed by atoms with Crippen molar-refractivity contribution in [3.05, 3.63) is 35.9 Å². The molecular formula is C15H25N3. The molecule has 0 saturated heterocycles. The average Bonchev–Trinajstić information content (AvgIpc) is 2.39. The van der Waals surface area contributed by atoms with Crippen LogP contribution in [0.2, 0.25) is 0 Å². The van der Waals surface area contributed by atoms with E-state index in [0.29, 0.717) is 5.96 Å². The predicted molar refractivity (Wildman–Crippen MR) is 78.6 cm³/mol. The van der Waals surface area contributed by atoms with E-state index in [0.717, 1.165) is 13.0 Å². The molecule has 100 valence electrons. The highest BCUT2D eigenvalue weighted by Crippen LogP contribution is 2.10. The number of rotatable bonds is 7. The monoisotopic (exact) mass is 247 g/mol. The molecule has 3 heteroatoms. The third-order valence-electron chi connectivity index (χ3n) is 2.96. The van der Waals surface area contributed by atoms with Crippen LogP contribution in [-0.4, -0.2) is 12.5 Å². The molecule has 1 aromatic carbocycles. The van der Waals surface area contributed by atoms with Crippen molar-refractivity contribution in [1.29, 1.82) is 0 Å². The average molecular weight is 247 g/mol. The molecule has 0 aliphatic carbocycles. The molecule has 0 spiro atoms. The first-order valence-corrected chi connectivity index (χ1v) is 6.85. The number of hydrogen-bond acceptors (Lipinski definition) is 1. The van der Waals surface area contributed by atoms with Gasteiger partial charge in [0.05, 0.1) is 6.04 Å². The Bertz CT molecular complexity index is 346. The molecule has 1 rings (SSSR count). The molecule has 0 aliphatic heterocycles. The van der Waals surface area contributed by atoms with E-state index in [1.54, 1.807) is 0 Å². The Labute approximate surface area is 111 Å². The molecule has 18 heavy (non-hydrogen) atoms. The third-order valence-corrected chi connectivity index (χ3v) is 2.96. The molecule has 1 atom stereocenters. The minimum absolute atomic E-state index is 0.200. The van der Waals surface area contributed by atoms with Gasteiger partial charge in [-0.15, -0.1) is 0 Å². The summed E-state index contributed by atoms with van der Waals surface area (Å²) in [6.45, 7) is 5.12. The standard InChI is InChI=1S/C15H25N3/c1-3-4-5-9-12-17-15(16)18-13(2)14-10-7-6-8-11-14/h6-8,10-11,13H,3-5,9,12H2,1-2H3,(H3,16,17,18)/t13-/m1/s1. The maximum absolute atomic E-state index is 5.87. The lowest BCUT2D eigenvalue weighted by Gasteiger charge is -2.14. The summed E-state index contributed by atoms with van der Waals surface area (Å²) in [4.78, 5) is 4.34. The van der Waals surface area contributed by atoms with E-state index >= 15 is 0 Å². The van der Waals surface area contributed by atoms with Crippen LogP contribution in [0.4, 0.5) is 0 Å². The van der Waals surface area contributed by atoms with Gasteiger partial charge in [0.15, 0.2) is 5.96 Å². The van der Waals surface area contributed by atoms with E-state index in [2.05, 4.69) is 36.3 Å². The van der Waals surface area contributed by atoms with E-state index in [9.17, 15) is 0 Å². The Morgan fingerprint density at radius 1 is 1.22 bits per heavy atom. The second-order valence-corrected chi connectivity index (χ2v) is 4.60. The van der Waals surface area contributed by atoms with Crippen LogP contribution in [0, 0.1) is 0 Å². The molecule has 0 fully saturated rings. The van der Waals surface area contributed by atoms with Gasteiger partial charge in [-0.05, 0) is 18.9 Å². The first kappa shape index (κ1) is 14.6. The normalized spacial score (nSPS) is 13.3. The Morgan fingerprint density at radius 3 is 2.61 bits per heavy atom. The van der Waals surface area contributed by atoms with Crippen molar-refractivity contribution in [3.8, 4) is 0 Å². The van der Waals surface area contributed by atoms with Crippen molar-refractivity contribution in [2.75, 3.05) is 6.54 Å². The Hall–Kier alpha value is -1.51. The highest BCUT2D eigenvalue weighted by atomic mass is 15.1. The molecule has 0 aliphatic rings. The largest absolute Gasteiger partial charge is 0.370 e. The van der Waals surface area contributed by atoms with E-state index in [4.69, 9.17) is 5.73 Å². The van der Waals surface area contributed by atoms with Crippen LogP contribution in [0.25, 0.3) is 0 Å². The van der Waals surface area contributed by atoms with Crippen LogP contribution < -0.4 is 11.1 Å². The number of guanidine groups is 1. The zero-order valence-electron chi connectivity index (χ0n) is 11.5. The van der Waals surface area contributed by atoms with Gasteiger partial charge in [-0.3, -0.25) is 4.99 Å². The van der Waals surface area contributed by atoms with Crippen molar-refractivity contribution in [2.24, 2.45) is 10.7 Å². The molecule has 0 unspecified atom stereocenters. The molecule has 1 aromatic rings. The zero-order valence-corrected chi connectivity index (χ0v) is 11.5. The second kappa shape index (κ2) is 8.56. The fourth-order valence-corrected chi connectivity index (χ4v) is 1.83. The quantitative estimate of drug-likeness (QED) is 0.441. The van der Waals surface area contributed by atoms with Gasteiger partial charge in [0.25, 0.3) is 0 Å². The molecule has 3 nitrogen and oxygen atoms in total. The highest BCUT2D eigenvalue weighted by molar-refractivity contribution is 5.78. The van der Waals surface area contributed by atoms with Crippen LogP contribution in [0.5, 0.6) is 0 Å². The molecule has 0 amide bonds. The van der Waals surface area contributed by atoms with E-state index in [1.807, 2.05) is 18.2 Å². The van der Waals surface area contributed by atoms with Gasteiger partial charge in [0, 0.05) is 6.54 Å². The van der Waals surface area contributed by atoms with E-state index in [-0.39, 0.29) is 6.04 Å². The topological polar surface area (TPSA) is 50.4 Å². The van der Waals surface area contributed by atoms with Crippen LogP contribution in [0.1, 0.15) is 51.1 Å². The van der Waals surface area contributed by atoms with Gasteiger partial charge in [0.2, 0.25) is 0 Å². The summed E-state index contributed by atoms with van der Waals surface area (Å²) in [5.74, 6) is 0.544. The van der Waals surface area contributed by atoms with Gasteiger partial charge in [-0.25, -0.2) is 0 Å². The minimum atomic E-state index is 0.200. The number of nitrogens with zero attached hydrogens (tertiary/aromatic N) is 1. The van der Waals surface area contributed by atoms with Gasteiger partial charge in [-0.1, -0.05) is 56.5 Å². The van der Waals surface area contributed by atoms with Crippen LogP contribution in [0.15, 0.2) is 35.3 Å². The fourth-order valence-electron chi connectivity index (χ4n) is 1.83. The summed E-state index contributed by atoms with van der Waals surface area (Å²) in [5.41, 5.74) is 7.09. The second-order valence-electron chi connectivity index (χ2n) is 4.60. The van der Waals surface area contributed by atoms with Crippen molar-refractivity contribution in [3.63, 3.8) is 0 Å². The summed E-state index contributed by atoms with van der Waals surface area (Å²) >= 11 is 0. The van der Waals surface area contributed by atoms with Crippen LogP contribution >= 0.6 is 0 Å². The Balaban J connectivity index is 2.30. The summed E-state index contributed by atoms with van der Waals surface area (Å²) < 4.78 is 0. The summed E-state index contributed by atoms with van der Waals surface area (Å²) in [5, 5.41) is 3.21.